The second kappa shape index (κ2) is 6.24. The van der Waals surface area contributed by atoms with Crippen LogP contribution in [-0.4, -0.2) is 24.7 Å². The first-order chi connectivity index (χ1) is 10.6. The molecule has 0 bridgehead atoms. The molecule has 0 fully saturated rings. The van der Waals surface area contributed by atoms with E-state index in [1.54, 1.807) is 0 Å². The Balaban J connectivity index is 2.01. The van der Waals surface area contributed by atoms with Gasteiger partial charge in [-0.15, -0.1) is 0 Å². The summed E-state index contributed by atoms with van der Waals surface area (Å²) in [4.78, 5) is -0.754. The summed E-state index contributed by atoms with van der Waals surface area (Å²) >= 11 is 0. The Morgan fingerprint density at radius 1 is 1.17 bits per heavy atom. The third kappa shape index (κ3) is 4.26. The van der Waals surface area contributed by atoms with Crippen molar-refractivity contribution >= 4 is 10.0 Å². The molecule has 2 rings (SSSR count). The third-order valence-corrected chi connectivity index (χ3v) is 4.24. The van der Waals surface area contributed by atoms with E-state index in [0.717, 1.165) is 29.1 Å². The number of benzene rings is 1. The molecule has 0 aliphatic rings. The van der Waals surface area contributed by atoms with Crippen molar-refractivity contribution in [3.8, 4) is 0 Å². The number of nitrogens with one attached hydrogen (secondary N) is 1. The van der Waals surface area contributed by atoms with Gasteiger partial charge in [0.05, 0.1) is 6.54 Å². The number of alkyl halides is 3. The first kappa shape index (κ1) is 17.3. The van der Waals surface area contributed by atoms with Crippen LogP contribution < -0.4 is 4.72 Å². The van der Waals surface area contributed by atoms with E-state index in [2.05, 4.69) is 5.10 Å². The molecule has 0 aliphatic carbocycles. The summed E-state index contributed by atoms with van der Waals surface area (Å²) in [6, 6.07) is 2.69. The minimum absolute atomic E-state index is 0.196. The number of sulfonamides is 1. The van der Waals surface area contributed by atoms with Crippen molar-refractivity contribution in [1.29, 1.82) is 0 Å². The van der Waals surface area contributed by atoms with Gasteiger partial charge in [0, 0.05) is 18.8 Å². The second-order valence-electron chi connectivity index (χ2n) is 4.43. The first-order valence-corrected chi connectivity index (χ1v) is 7.63. The molecule has 1 aromatic carbocycles. The van der Waals surface area contributed by atoms with Gasteiger partial charge in [-0.2, -0.15) is 18.3 Å². The van der Waals surface area contributed by atoms with Crippen molar-refractivity contribution in [2.24, 2.45) is 0 Å². The fourth-order valence-electron chi connectivity index (χ4n) is 1.70. The maximum atomic E-state index is 13.4. The first-order valence-electron chi connectivity index (χ1n) is 6.15. The molecule has 126 valence electrons. The van der Waals surface area contributed by atoms with Crippen LogP contribution in [0.5, 0.6) is 0 Å². The summed E-state index contributed by atoms with van der Waals surface area (Å²) in [5.41, 5.74) is -1.11. The van der Waals surface area contributed by atoms with Gasteiger partial charge in [0.15, 0.2) is 5.69 Å². The minimum Gasteiger partial charge on any atom is -0.271 e. The van der Waals surface area contributed by atoms with Crippen molar-refractivity contribution in [3.63, 3.8) is 0 Å². The highest BCUT2D eigenvalue weighted by Gasteiger charge is 2.33. The summed E-state index contributed by atoms with van der Waals surface area (Å²) in [6.45, 7) is -0.518. The molecule has 0 spiro atoms. The second-order valence-corrected chi connectivity index (χ2v) is 6.17. The normalized spacial score (nSPS) is 12.6. The zero-order valence-electron chi connectivity index (χ0n) is 11.3. The zero-order valence-corrected chi connectivity index (χ0v) is 12.1. The van der Waals surface area contributed by atoms with Crippen LogP contribution in [0.25, 0.3) is 0 Å². The van der Waals surface area contributed by atoms with Crippen LogP contribution in [0, 0.1) is 11.6 Å². The molecule has 23 heavy (non-hydrogen) atoms. The van der Waals surface area contributed by atoms with Gasteiger partial charge in [0.2, 0.25) is 10.0 Å². The quantitative estimate of drug-likeness (QED) is 0.836. The van der Waals surface area contributed by atoms with Gasteiger partial charge < -0.3 is 0 Å². The number of rotatable bonds is 5. The summed E-state index contributed by atoms with van der Waals surface area (Å²) in [6.07, 6.45) is -3.56. The van der Waals surface area contributed by atoms with E-state index in [0.29, 0.717) is 6.07 Å². The maximum absolute atomic E-state index is 13.4. The molecular weight excluding hydrogens is 345 g/mol. The monoisotopic (exact) mass is 355 g/mol. The van der Waals surface area contributed by atoms with E-state index in [1.807, 2.05) is 4.72 Å². The van der Waals surface area contributed by atoms with E-state index in [9.17, 15) is 30.4 Å². The van der Waals surface area contributed by atoms with Crippen LogP contribution in [0.15, 0.2) is 35.4 Å². The van der Waals surface area contributed by atoms with E-state index >= 15 is 0 Å². The molecule has 0 saturated carbocycles. The van der Waals surface area contributed by atoms with Crippen molar-refractivity contribution < 1.29 is 30.4 Å². The van der Waals surface area contributed by atoms with Crippen LogP contribution in [0.4, 0.5) is 22.0 Å². The van der Waals surface area contributed by atoms with Crippen molar-refractivity contribution in [2.75, 3.05) is 6.54 Å². The molecule has 1 heterocycles. The van der Waals surface area contributed by atoms with Crippen LogP contribution in [0.1, 0.15) is 5.69 Å². The smallest absolute Gasteiger partial charge is 0.271 e. The van der Waals surface area contributed by atoms with Gasteiger partial charge in [-0.3, -0.25) is 4.68 Å². The van der Waals surface area contributed by atoms with Crippen LogP contribution in [0.2, 0.25) is 0 Å². The summed E-state index contributed by atoms with van der Waals surface area (Å²) in [7, 11) is -4.25. The average molecular weight is 355 g/mol. The molecule has 5 nitrogen and oxygen atoms in total. The van der Waals surface area contributed by atoms with Crippen molar-refractivity contribution in [2.45, 2.75) is 17.6 Å². The lowest BCUT2D eigenvalue weighted by Crippen LogP contribution is -2.28. The zero-order chi connectivity index (χ0) is 17.3. The molecule has 1 N–H and O–H groups in total. The van der Waals surface area contributed by atoms with Gasteiger partial charge in [0.25, 0.3) is 0 Å². The highest BCUT2D eigenvalue weighted by Crippen LogP contribution is 2.27. The van der Waals surface area contributed by atoms with Gasteiger partial charge in [0.1, 0.15) is 16.5 Å². The summed E-state index contributed by atoms with van der Waals surface area (Å²) in [5, 5.41) is 3.24. The molecule has 0 radical (unpaired) electrons. The Morgan fingerprint density at radius 2 is 1.87 bits per heavy atom. The lowest BCUT2D eigenvalue weighted by atomic mass is 10.3. The van der Waals surface area contributed by atoms with E-state index in [4.69, 9.17) is 0 Å². The molecule has 1 aromatic heterocycles. The topological polar surface area (TPSA) is 64.0 Å². The molecule has 0 aliphatic heterocycles. The summed E-state index contributed by atoms with van der Waals surface area (Å²) < 4.78 is 89.8. The fraction of sp³-hybridized carbons (Fsp3) is 0.250. The number of hydrogen-bond acceptors (Lipinski definition) is 3. The van der Waals surface area contributed by atoms with E-state index < -0.39 is 38.4 Å². The minimum atomic E-state index is -4.60. The number of aromatic nitrogens is 2. The fourth-order valence-corrected chi connectivity index (χ4v) is 2.78. The third-order valence-electron chi connectivity index (χ3n) is 2.75. The highest BCUT2D eigenvalue weighted by molar-refractivity contribution is 7.89. The predicted molar refractivity (Wildman–Crippen MR) is 68.8 cm³/mol. The van der Waals surface area contributed by atoms with E-state index in [-0.39, 0.29) is 13.1 Å². The Labute approximate surface area is 127 Å². The molecule has 0 atom stereocenters. The number of hydrogen-bond donors (Lipinski definition) is 1. The lowest BCUT2D eigenvalue weighted by Gasteiger charge is -2.08. The number of nitrogens with zero attached hydrogens (tertiary/aromatic N) is 2. The Bertz CT molecular complexity index is 801. The Kier molecular flexibility index (Phi) is 4.71. The summed E-state index contributed by atoms with van der Waals surface area (Å²) in [5.74, 6) is -2.20. The molecule has 0 unspecified atom stereocenters. The lowest BCUT2D eigenvalue weighted by molar-refractivity contribution is -0.141. The average Bonchev–Trinajstić information content (AvgIpc) is 2.86. The molecular formula is C12H10F5N3O2S. The SMILES string of the molecule is O=S(=O)(NCCn1ccc(C(F)(F)F)n1)c1ccc(F)cc1F. The van der Waals surface area contributed by atoms with Crippen molar-refractivity contribution in [3.05, 3.63) is 47.8 Å². The largest absolute Gasteiger partial charge is 0.435 e. The van der Waals surface area contributed by atoms with Crippen LogP contribution in [-0.2, 0) is 22.7 Å². The van der Waals surface area contributed by atoms with Gasteiger partial charge in [-0.25, -0.2) is 21.9 Å². The van der Waals surface area contributed by atoms with Gasteiger partial charge in [-0.05, 0) is 18.2 Å². The highest BCUT2D eigenvalue weighted by atomic mass is 32.2. The maximum Gasteiger partial charge on any atom is 0.435 e. The Hall–Kier alpha value is -2.01. The number of halogens is 5. The van der Waals surface area contributed by atoms with Crippen LogP contribution in [0.3, 0.4) is 0 Å². The standard InChI is InChI=1S/C12H10F5N3O2S/c13-8-1-2-10(9(14)7-8)23(21,22)18-4-6-20-5-3-11(19-20)12(15,16)17/h1-3,5,7,18H,4,6H2. The van der Waals surface area contributed by atoms with Crippen molar-refractivity contribution in [1.82, 2.24) is 14.5 Å². The molecule has 0 saturated heterocycles. The molecule has 0 amide bonds. The Morgan fingerprint density at radius 3 is 2.43 bits per heavy atom. The van der Waals surface area contributed by atoms with Gasteiger partial charge in [-0.1, -0.05) is 0 Å². The molecule has 11 heteroatoms. The predicted octanol–water partition coefficient (Wildman–Crippen LogP) is 2.16. The van der Waals surface area contributed by atoms with Crippen LogP contribution >= 0.6 is 0 Å². The molecule has 2 aromatic rings. The van der Waals surface area contributed by atoms with Gasteiger partial charge >= 0.3 is 6.18 Å². The van der Waals surface area contributed by atoms with E-state index in [1.165, 1.54) is 0 Å².